The topological polar surface area (TPSA) is 115 Å². The third-order valence-electron chi connectivity index (χ3n) is 3.93. The van der Waals surface area contributed by atoms with Crippen molar-refractivity contribution in [3.8, 4) is 5.75 Å². The minimum atomic E-state index is -4.78. The summed E-state index contributed by atoms with van der Waals surface area (Å²) in [4.78, 5) is 31.9. The Bertz CT molecular complexity index is 1170. The lowest BCUT2D eigenvalue weighted by atomic mass is 10.0. The molecule has 1 aliphatic rings. The predicted octanol–water partition coefficient (Wildman–Crippen LogP) is 2.25. The first-order valence-electron chi connectivity index (χ1n) is 7.82. The first-order chi connectivity index (χ1) is 13.4. The van der Waals surface area contributed by atoms with Gasteiger partial charge in [-0.1, -0.05) is 0 Å². The van der Waals surface area contributed by atoms with E-state index in [-0.39, 0.29) is 5.69 Å². The highest BCUT2D eigenvalue weighted by Crippen LogP contribution is 2.38. The maximum atomic E-state index is 13.2. The summed E-state index contributed by atoms with van der Waals surface area (Å²) >= 11 is 0. The van der Waals surface area contributed by atoms with Crippen LogP contribution in [0, 0.1) is 0 Å². The van der Waals surface area contributed by atoms with Gasteiger partial charge in [-0.2, -0.15) is 13.2 Å². The highest BCUT2D eigenvalue weighted by Gasteiger charge is 2.40. The molecule has 2 aromatic rings. The number of sulfone groups is 1. The van der Waals surface area contributed by atoms with E-state index in [4.69, 9.17) is 0 Å². The Hall–Kier alpha value is -3.28. The van der Waals surface area contributed by atoms with Crippen LogP contribution in [0.1, 0.15) is 26.5 Å². The van der Waals surface area contributed by atoms with Crippen LogP contribution in [0.4, 0.5) is 18.9 Å². The molecule has 8 nitrogen and oxygen atoms in total. The summed E-state index contributed by atoms with van der Waals surface area (Å²) in [6.07, 6.45) is -1.84. The highest BCUT2D eigenvalue weighted by atomic mass is 32.2. The maximum Gasteiger partial charge on any atom is 0.420 e. The second kappa shape index (κ2) is 6.95. The van der Waals surface area contributed by atoms with Crippen molar-refractivity contribution in [1.29, 1.82) is 0 Å². The molecule has 0 amide bonds. The van der Waals surface area contributed by atoms with E-state index in [1.807, 2.05) is 0 Å². The van der Waals surface area contributed by atoms with Crippen LogP contribution >= 0.6 is 0 Å². The Morgan fingerprint density at radius 3 is 2.14 bits per heavy atom. The summed E-state index contributed by atoms with van der Waals surface area (Å²) in [5, 5.41) is 2.33. The summed E-state index contributed by atoms with van der Waals surface area (Å²) in [6.45, 7) is 0. The lowest BCUT2D eigenvalue weighted by Gasteiger charge is -2.20. The number of halogens is 3. The molecule has 0 atom stereocenters. The molecule has 1 aromatic carbocycles. The summed E-state index contributed by atoms with van der Waals surface area (Å²) in [7, 11) is -3.18. The number of Topliss-reactive ketones (excluding diaryl/α,β-unsaturated/α-hetero) is 2. The number of methoxy groups -OCH3 is 1. The van der Waals surface area contributed by atoms with Crippen LogP contribution in [0.5, 0.6) is 5.75 Å². The van der Waals surface area contributed by atoms with Gasteiger partial charge in [0.25, 0.3) is 0 Å². The van der Waals surface area contributed by atoms with E-state index in [0.717, 1.165) is 31.6 Å². The number of anilines is 1. The Labute approximate surface area is 162 Å². The zero-order valence-corrected chi connectivity index (χ0v) is 15.7. The van der Waals surface area contributed by atoms with Gasteiger partial charge in [-0.05, 0) is 18.2 Å². The van der Waals surface area contributed by atoms with Gasteiger partial charge in [0, 0.05) is 24.3 Å². The number of ketones is 2. The third-order valence-corrected chi connectivity index (χ3v) is 5.06. The Kier molecular flexibility index (Phi) is 4.91. The monoisotopic (exact) mass is 427 g/mol. The highest BCUT2D eigenvalue weighted by molar-refractivity contribution is 7.95. The molecule has 1 aromatic heterocycles. The van der Waals surface area contributed by atoms with Gasteiger partial charge in [-0.25, -0.2) is 18.4 Å². The standard InChI is InChI=1S/C17H12F3N3O5S/c1-28-10-4-3-8(7-9(10)17(18,19)20)23-13-14(24)11-12(22-6-5-21-11)15(25)16(13)29(2,26)27/h3-7,23H,1-2H3. The van der Waals surface area contributed by atoms with Crippen LogP contribution in [-0.2, 0) is 16.0 Å². The van der Waals surface area contributed by atoms with Gasteiger partial charge in [-0.3, -0.25) is 9.59 Å². The van der Waals surface area contributed by atoms with E-state index in [2.05, 4.69) is 20.0 Å². The molecule has 1 aliphatic carbocycles. The first kappa shape index (κ1) is 20.5. The van der Waals surface area contributed by atoms with Gasteiger partial charge in [0.15, 0.2) is 9.84 Å². The second-order valence-corrected chi connectivity index (χ2v) is 7.88. The van der Waals surface area contributed by atoms with Crippen LogP contribution in [0.2, 0.25) is 0 Å². The zero-order valence-electron chi connectivity index (χ0n) is 14.9. The normalized spacial score (nSPS) is 14.7. The molecular formula is C17H12F3N3O5S. The molecule has 1 heterocycles. The largest absolute Gasteiger partial charge is 0.496 e. The summed E-state index contributed by atoms with van der Waals surface area (Å²) in [5.74, 6) is -2.54. The quantitative estimate of drug-likeness (QED) is 0.790. The molecule has 3 rings (SSSR count). The van der Waals surface area contributed by atoms with E-state index in [1.165, 1.54) is 0 Å². The third kappa shape index (κ3) is 3.70. The van der Waals surface area contributed by atoms with Gasteiger partial charge in [0.05, 0.1) is 12.7 Å². The molecule has 29 heavy (non-hydrogen) atoms. The average molecular weight is 427 g/mol. The van der Waals surface area contributed by atoms with Crippen LogP contribution in [0.15, 0.2) is 41.2 Å². The minimum Gasteiger partial charge on any atom is -0.496 e. The summed E-state index contributed by atoms with van der Waals surface area (Å²) in [6, 6.07) is 2.77. The fourth-order valence-electron chi connectivity index (χ4n) is 2.73. The van der Waals surface area contributed by atoms with Crippen LogP contribution in [0.25, 0.3) is 0 Å². The van der Waals surface area contributed by atoms with E-state index < -0.39 is 60.9 Å². The molecular weight excluding hydrogens is 415 g/mol. The minimum absolute atomic E-state index is 0.275. The van der Waals surface area contributed by atoms with Gasteiger partial charge >= 0.3 is 6.18 Å². The predicted molar refractivity (Wildman–Crippen MR) is 94.2 cm³/mol. The number of aromatic nitrogens is 2. The van der Waals surface area contributed by atoms with E-state index in [0.29, 0.717) is 12.3 Å². The van der Waals surface area contributed by atoms with Crippen LogP contribution in [0.3, 0.4) is 0 Å². The molecule has 152 valence electrons. The van der Waals surface area contributed by atoms with Crippen molar-refractivity contribution < 1.29 is 35.9 Å². The van der Waals surface area contributed by atoms with Gasteiger partial charge in [0.1, 0.15) is 27.7 Å². The number of allylic oxidation sites excluding steroid dienone is 2. The van der Waals surface area contributed by atoms with Crippen molar-refractivity contribution >= 4 is 27.1 Å². The van der Waals surface area contributed by atoms with E-state index in [9.17, 15) is 31.2 Å². The SMILES string of the molecule is COc1ccc(NC2=C(S(C)(=O)=O)C(=O)c3nccnc3C2=O)cc1C(F)(F)F. The average Bonchev–Trinajstić information content (AvgIpc) is 2.64. The molecule has 0 bridgehead atoms. The van der Waals surface area contributed by atoms with Crippen molar-refractivity contribution in [2.24, 2.45) is 0 Å². The van der Waals surface area contributed by atoms with Gasteiger partial charge in [0.2, 0.25) is 11.6 Å². The van der Waals surface area contributed by atoms with Crippen molar-refractivity contribution in [3.63, 3.8) is 0 Å². The number of nitrogens with one attached hydrogen (secondary N) is 1. The number of carbonyl (C=O) groups excluding carboxylic acids is 2. The molecule has 0 saturated heterocycles. The van der Waals surface area contributed by atoms with Crippen molar-refractivity contribution in [2.75, 3.05) is 18.7 Å². The molecule has 0 unspecified atom stereocenters. The molecule has 0 saturated carbocycles. The number of hydrogen-bond donors (Lipinski definition) is 1. The molecule has 0 spiro atoms. The lowest BCUT2D eigenvalue weighted by molar-refractivity contribution is -0.138. The number of nitrogens with zero attached hydrogens (tertiary/aromatic N) is 2. The first-order valence-corrected chi connectivity index (χ1v) is 9.71. The van der Waals surface area contributed by atoms with Gasteiger partial charge < -0.3 is 10.1 Å². The summed E-state index contributed by atoms with van der Waals surface area (Å²) < 4.78 is 68.7. The van der Waals surface area contributed by atoms with Gasteiger partial charge in [-0.15, -0.1) is 0 Å². The fourth-order valence-corrected chi connectivity index (χ4v) is 3.68. The van der Waals surface area contributed by atoms with Crippen LogP contribution in [-0.4, -0.2) is 43.3 Å². The molecule has 12 heteroatoms. The molecule has 0 radical (unpaired) electrons. The number of alkyl halides is 3. The molecule has 1 N–H and O–H groups in total. The maximum absolute atomic E-state index is 13.2. The number of benzene rings is 1. The smallest absolute Gasteiger partial charge is 0.420 e. The Morgan fingerprint density at radius 2 is 1.62 bits per heavy atom. The lowest BCUT2D eigenvalue weighted by Crippen LogP contribution is -2.31. The number of hydrogen-bond acceptors (Lipinski definition) is 8. The second-order valence-electron chi connectivity index (χ2n) is 5.93. The zero-order chi connectivity index (χ0) is 21.6. The Balaban J connectivity index is 2.18. The number of carbonyl (C=O) groups is 2. The summed E-state index contributed by atoms with van der Waals surface area (Å²) in [5.41, 5.74) is -2.99. The number of fused-ring (bicyclic) bond motifs is 1. The number of ether oxygens (including phenoxy) is 1. The van der Waals surface area contributed by atoms with Crippen molar-refractivity contribution in [1.82, 2.24) is 9.97 Å². The van der Waals surface area contributed by atoms with Crippen LogP contribution < -0.4 is 10.1 Å². The Morgan fingerprint density at radius 1 is 1.03 bits per heavy atom. The van der Waals surface area contributed by atoms with E-state index in [1.54, 1.807) is 0 Å². The molecule has 0 aliphatic heterocycles. The van der Waals surface area contributed by atoms with Crippen molar-refractivity contribution in [2.45, 2.75) is 6.18 Å². The number of rotatable bonds is 4. The molecule has 0 fully saturated rings. The fraction of sp³-hybridized carbons (Fsp3) is 0.176. The van der Waals surface area contributed by atoms with Crippen molar-refractivity contribution in [3.05, 3.63) is 58.1 Å². The van der Waals surface area contributed by atoms with E-state index >= 15 is 0 Å².